The Balaban J connectivity index is 1.26. The summed E-state index contributed by atoms with van der Waals surface area (Å²) < 4.78 is 10.5. The summed E-state index contributed by atoms with van der Waals surface area (Å²) in [4.78, 5) is 18.2. The molecule has 1 fully saturated rings. The Morgan fingerprint density at radius 2 is 1.82 bits per heavy atom. The lowest BCUT2D eigenvalue weighted by Crippen LogP contribution is -2.25. The van der Waals surface area contributed by atoms with Crippen LogP contribution in [-0.4, -0.2) is 38.3 Å². The molecule has 0 saturated heterocycles. The summed E-state index contributed by atoms with van der Waals surface area (Å²) in [5, 5.41) is 13.9. The minimum atomic E-state index is -0.135. The monoisotopic (exact) mass is 534 g/mol. The Kier molecular flexibility index (Phi) is 6.52. The fraction of sp³-hybridized carbons (Fsp3) is 0.333. The van der Waals surface area contributed by atoms with E-state index in [1.165, 1.54) is 48.7 Å². The van der Waals surface area contributed by atoms with Gasteiger partial charge in [-0.15, -0.1) is 0 Å². The van der Waals surface area contributed by atoms with Gasteiger partial charge in [0.1, 0.15) is 18.2 Å². The van der Waals surface area contributed by atoms with Gasteiger partial charge in [0.05, 0.1) is 36.4 Å². The maximum atomic E-state index is 13.5. The van der Waals surface area contributed by atoms with E-state index < -0.39 is 0 Å². The largest absolute Gasteiger partial charge is 0.491 e. The summed E-state index contributed by atoms with van der Waals surface area (Å²) in [7, 11) is 0. The molecule has 1 aliphatic heterocycles. The number of imidazole rings is 1. The van der Waals surface area contributed by atoms with E-state index in [9.17, 15) is 9.90 Å². The van der Waals surface area contributed by atoms with Crippen molar-refractivity contribution in [2.45, 2.75) is 57.7 Å². The van der Waals surface area contributed by atoms with E-state index in [0.29, 0.717) is 24.6 Å². The van der Waals surface area contributed by atoms with Crippen molar-refractivity contribution in [2.75, 3.05) is 13.2 Å². The third-order valence-corrected chi connectivity index (χ3v) is 8.56. The standard InChI is InChI=1S/C33H34N4O3/c38-18-16-36-27-12-6-5-11-26(27)35-30(36)21-34-33(39)23-14-15-24-28(20-23)37-17-19-40-29-13-7-4-10-25(29)32(37)31(24)22-8-2-1-3-9-22/h4-7,10-15,20,22,38H,1-3,8-9,16-19,21H2,(H,34,39). The predicted octanol–water partition coefficient (Wildman–Crippen LogP) is 6.02. The van der Waals surface area contributed by atoms with E-state index in [0.717, 1.165) is 40.2 Å². The second kappa shape index (κ2) is 10.5. The third-order valence-electron chi connectivity index (χ3n) is 8.56. The molecule has 0 radical (unpaired) electrons. The number of aliphatic hydroxyl groups excluding tert-OH is 1. The molecule has 1 aliphatic carbocycles. The zero-order valence-electron chi connectivity index (χ0n) is 22.6. The molecule has 1 amide bonds. The van der Waals surface area contributed by atoms with Crippen LogP contribution in [0.25, 0.3) is 33.2 Å². The zero-order valence-corrected chi connectivity index (χ0v) is 22.6. The highest BCUT2D eigenvalue weighted by Gasteiger charge is 2.29. The predicted molar refractivity (Wildman–Crippen MR) is 157 cm³/mol. The Bertz CT molecular complexity index is 1710. The van der Waals surface area contributed by atoms with E-state index in [-0.39, 0.29) is 19.1 Å². The molecule has 3 aromatic carbocycles. The number of para-hydroxylation sites is 3. The fourth-order valence-corrected chi connectivity index (χ4v) is 6.75. The number of nitrogens with zero attached hydrogens (tertiary/aromatic N) is 3. The molecule has 0 unspecified atom stereocenters. The lowest BCUT2D eigenvalue weighted by molar-refractivity contribution is 0.0949. The smallest absolute Gasteiger partial charge is 0.251 e. The molecule has 1 saturated carbocycles. The number of hydrogen-bond donors (Lipinski definition) is 2. The summed E-state index contributed by atoms with van der Waals surface area (Å²) >= 11 is 0. The van der Waals surface area contributed by atoms with Crippen LogP contribution >= 0.6 is 0 Å². The van der Waals surface area contributed by atoms with Gasteiger partial charge in [0.25, 0.3) is 5.91 Å². The highest BCUT2D eigenvalue weighted by Crippen LogP contribution is 2.47. The zero-order chi connectivity index (χ0) is 27.1. The van der Waals surface area contributed by atoms with Crippen molar-refractivity contribution in [3.05, 3.63) is 83.7 Å². The molecule has 2 aliphatic rings. The Hall–Kier alpha value is -4.10. The Labute approximate surface area is 233 Å². The molecule has 7 nitrogen and oxygen atoms in total. The van der Waals surface area contributed by atoms with Crippen molar-refractivity contribution in [1.29, 1.82) is 0 Å². The topological polar surface area (TPSA) is 81.3 Å². The number of carbonyl (C=O) groups is 1. The number of carbonyl (C=O) groups excluding carboxylic acids is 1. The van der Waals surface area contributed by atoms with Crippen molar-refractivity contribution in [3.8, 4) is 17.0 Å². The number of benzene rings is 3. The van der Waals surface area contributed by atoms with Gasteiger partial charge >= 0.3 is 0 Å². The van der Waals surface area contributed by atoms with Gasteiger partial charge < -0.3 is 24.3 Å². The molecule has 3 heterocycles. The minimum Gasteiger partial charge on any atom is -0.491 e. The summed E-state index contributed by atoms with van der Waals surface area (Å²) in [6.07, 6.45) is 6.23. The van der Waals surface area contributed by atoms with Crippen molar-refractivity contribution in [2.24, 2.45) is 0 Å². The molecule has 7 rings (SSSR count). The SMILES string of the molecule is O=C(NCc1nc2ccccc2n1CCO)c1ccc2c(C3CCCCC3)c3n(c2c1)CCOc1ccccc1-3. The number of fused-ring (bicyclic) bond motifs is 6. The van der Waals surface area contributed by atoms with Crippen LogP contribution in [0, 0.1) is 0 Å². The van der Waals surface area contributed by atoms with Crippen LogP contribution in [0.1, 0.15) is 59.8 Å². The van der Waals surface area contributed by atoms with Crippen LogP contribution in [0.15, 0.2) is 66.7 Å². The van der Waals surface area contributed by atoms with E-state index >= 15 is 0 Å². The van der Waals surface area contributed by atoms with E-state index in [2.05, 4.69) is 34.1 Å². The van der Waals surface area contributed by atoms with Crippen molar-refractivity contribution < 1.29 is 14.6 Å². The molecular weight excluding hydrogens is 500 g/mol. The third kappa shape index (κ3) is 4.25. The number of hydrogen-bond acceptors (Lipinski definition) is 4. The molecule has 2 aromatic heterocycles. The van der Waals surface area contributed by atoms with Crippen molar-refractivity contribution in [1.82, 2.24) is 19.4 Å². The minimum absolute atomic E-state index is 0.00740. The van der Waals surface area contributed by atoms with Crippen LogP contribution in [0.2, 0.25) is 0 Å². The first-order valence-electron chi connectivity index (χ1n) is 14.4. The molecule has 7 heteroatoms. The van der Waals surface area contributed by atoms with E-state index in [1.54, 1.807) is 0 Å². The molecule has 0 atom stereocenters. The molecule has 2 N–H and O–H groups in total. The van der Waals surface area contributed by atoms with Gasteiger partial charge in [0.15, 0.2) is 0 Å². The average Bonchev–Trinajstić information content (AvgIpc) is 3.44. The lowest BCUT2D eigenvalue weighted by atomic mass is 9.81. The number of aliphatic hydroxyl groups is 1. The van der Waals surface area contributed by atoms with Gasteiger partial charge in [0, 0.05) is 28.6 Å². The second-order valence-electron chi connectivity index (χ2n) is 10.9. The summed E-state index contributed by atoms with van der Waals surface area (Å²) in [5.41, 5.74) is 7.35. The molecule has 0 spiro atoms. The summed E-state index contributed by atoms with van der Waals surface area (Å²) in [5.74, 6) is 2.04. The highest BCUT2D eigenvalue weighted by molar-refractivity contribution is 6.01. The first kappa shape index (κ1) is 24.9. The number of rotatable bonds is 6. The van der Waals surface area contributed by atoms with Gasteiger partial charge in [-0.05, 0) is 60.7 Å². The number of nitrogens with one attached hydrogen (secondary N) is 1. The van der Waals surface area contributed by atoms with Gasteiger partial charge in [-0.3, -0.25) is 4.79 Å². The number of aromatic nitrogens is 3. The van der Waals surface area contributed by atoms with Gasteiger partial charge in [-0.25, -0.2) is 4.98 Å². The van der Waals surface area contributed by atoms with Crippen LogP contribution in [0.5, 0.6) is 5.75 Å². The molecule has 5 aromatic rings. The quantitative estimate of drug-likeness (QED) is 0.279. The normalized spacial score (nSPS) is 15.4. The van der Waals surface area contributed by atoms with Gasteiger partial charge in [-0.1, -0.05) is 49.6 Å². The Morgan fingerprint density at radius 3 is 2.70 bits per heavy atom. The molecular formula is C33H34N4O3. The van der Waals surface area contributed by atoms with E-state index in [1.807, 2.05) is 47.0 Å². The number of amides is 1. The molecule has 40 heavy (non-hydrogen) atoms. The van der Waals surface area contributed by atoms with Crippen molar-refractivity contribution >= 4 is 27.8 Å². The van der Waals surface area contributed by atoms with E-state index in [4.69, 9.17) is 9.72 Å². The van der Waals surface area contributed by atoms with Gasteiger partial charge in [0.2, 0.25) is 0 Å². The maximum Gasteiger partial charge on any atom is 0.251 e. The molecule has 204 valence electrons. The lowest BCUT2D eigenvalue weighted by Gasteiger charge is -2.23. The fourth-order valence-electron chi connectivity index (χ4n) is 6.75. The highest BCUT2D eigenvalue weighted by atomic mass is 16.5. The summed E-state index contributed by atoms with van der Waals surface area (Å²) in [6, 6.07) is 22.4. The van der Waals surface area contributed by atoms with Gasteiger partial charge in [-0.2, -0.15) is 0 Å². The van der Waals surface area contributed by atoms with Crippen molar-refractivity contribution in [3.63, 3.8) is 0 Å². The van der Waals surface area contributed by atoms with Crippen LogP contribution in [-0.2, 0) is 19.6 Å². The number of ether oxygens (including phenoxy) is 1. The average molecular weight is 535 g/mol. The Morgan fingerprint density at radius 1 is 1.00 bits per heavy atom. The summed E-state index contributed by atoms with van der Waals surface area (Å²) in [6.45, 7) is 2.06. The van der Waals surface area contributed by atoms with Crippen LogP contribution < -0.4 is 10.1 Å². The maximum absolute atomic E-state index is 13.5. The van der Waals surface area contributed by atoms with Crippen LogP contribution in [0.4, 0.5) is 0 Å². The first-order valence-corrected chi connectivity index (χ1v) is 14.4. The molecule has 0 bridgehead atoms. The van der Waals surface area contributed by atoms with Crippen LogP contribution in [0.3, 0.4) is 0 Å². The second-order valence-corrected chi connectivity index (χ2v) is 10.9. The first-order chi connectivity index (χ1) is 19.7.